The van der Waals surface area contributed by atoms with Crippen molar-refractivity contribution in [3.05, 3.63) is 59.7 Å². The van der Waals surface area contributed by atoms with E-state index in [1.165, 1.54) is 16.8 Å². The third-order valence-corrected chi connectivity index (χ3v) is 3.16. The number of nitrogens with one attached hydrogen (secondary N) is 1. The van der Waals surface area contributed by atoms with Gasteiger partial charge >= 0.3 is 0 Å². The monoisotopic (exact) mass is 269 g/mol. The minimum Gasteiger partial charge on any atom is -0.493 e. The predicted octanol–water partition coefficient (Wildman–Crippen LogP) is 4.64. The Labute approximate surface area is 121 Å². The van der Waals surface area contributed by atoms with E-state index in [0.29, 0.717) is 5.92 Å². The number of hydrogen-bond acceptors (Lipinski definition) is 2. The van der Waals surface area contributed by atoms with Crippen LogP contribution in [0.25, 0.3) is 0 Å². The van der Waals surface area contributed by atoms with Gasteiger partial charge in [0.25, 0.3) is 0 Å². The van der Waals surface area contributed by atoms with E-state index in [4.69, 9.17) is 4.74 Å². The maximum atomic E-state index is 5.88. The van der Waals surface area contributed by atoms with Crippen LogP contribution in [0, 0.1) is 12.8 Å². The van der Waals surface area contributed by atoms with Gasteiger partial charge in [-0.25, -0.2) is 0 Å². The normalized spacial score (nSPS) is 10.6. The van der Waals surface area contributed by atoms with E-state index in [2.05, 4.69) is 62.5 Å². The van der Waals surface area contributed by atoms with Crippen molar-refractivity contribution in [2.45, 2.75) is 27.3 Å². The maximum absolute atomic E-state index is 5.88. The van der Waals surface area contributed by atoms with E-state index in [1.807, 2.05) is 12.1 Å². The summed E-state index contributed by atoms with van der Waals surface area (Å²) in [6.07, 6.45) is 0. The lowest BCUT2D eigenvalue weighted by molar-refractivity contribution is 0.269. The van der Waals surface area contributed by atoms with Crippen molar-refractivity contribution in [2.75, 3.05) is 11.9 Å². The molecule has 0 aromatic heterocycles. The Morgan fingerprint density at radius 3 is 2.45 bits per heavy atom. The molecule has 2 aromatic carbocycles. The molecule has 0 atom stereocenters. The third-order valence-electron chi connectivity index (χ3n) is 3.16. The molecule has 0 saturated heterocycles. The summed E-state index contributed by atoms with van der Waals surface area (Å²) in [6.45, 7) is 7.96. The molecule has 0 aliphatic rings. The molecule has 0 unspecified atom stereocenters. The lowest BCUT2D eigenvalue weighted by Crippen LogP contribution is -2.08. The zero-order valence-corrected chi connectivity index (χ0v) is 12.5. The number of ether oxygens (including phenoxy) is 1. The van der Waals surface area contributed by atoms with E-state index in [9.17, 15) is 0 Å². The van der Waals surface area contributed by atoms with Crippen LogP contribution in [-0.2, 0) is 6.54 Å². The zero-order chi connectivity index (χ0) is 14.4. The highest BCUT2D eigenvalue weighted by molar-refractivity contribution is 5.51. The molecule has 20 heavy (non-hydrogen) atoms. The lowest BCUT2D eigenvalue weighted by atomic mass is 10.1. The number of rotatable bonds is 6. The second kappa shape index (κ2) is 6.99. The first-order chi connectivity index (χ1) is 9.66. The molecular weight excluding hydrogens is 246 g/mol. The molecule has 0 aliphatic carbocycles. The third kappa shape index (κ3) is 4.02. The fraction of sp³-hybridized carbons (Fsp3) is 0.333. The van der Waals surface area contributed by atoms with Gasteiger partial charge < -0.3 is 10.1 Å². The van der Waals surface area contributed by atoms with Crippen LogP contribution in [0.4, 0.5) is 5.69 Å². The zero-order valence-electron chi connectivity index (χ0n) is 12.5. The number of benzene rings is 2. The first-order valence-electron chi connectivity index (χ1n) is 7.17. The number of anilines is 1. The second-order valence-corrected chi connectivity index (χ2v) is 5.48. The smallest absolute Gasteiger partial charge is 0.124 e. The van der Waals surface area contributed by atoms with Crippen LogP contribution in [0.5, 0.6) is 5.75 Å². The molecular formula is C18H23NO. The highest BCUT2D eigenvalue weighted by Crippen LogP contribution is 2.21. The van der Waals surface area contributed by atoms with Gasteiger partial charge in [0.2, 0.25) is 0 Å². The van der Waals surface area contributed by atoms with Crippen LogP contribution >= 0.6 is 0 Å². The van der Waals surface area contributed by atoms with E-state index < -0.39 is 0 Å². The number of hydrogen-bond donors (Lipinski definition) is 1. The van der Waals surface area contributed by atoms with E-state index in [1.54, 1.807) is 0 Å². The molecule has 0 heterocycles. The maximum Gasteiger partial charge on any atom is 0.124 e. The molecule has 2 aromatic rings. The fourth-order valence-electron chi connectivity index (χ4n) is 2.01. The van der Waals surface area contributed by atoms with Gasteiger partial charge in [-0.2, -0.15) is 0 Å². The molecule has 1 N–H and O–H groups in total. The summed E-state index contributed by atoms with van der Waals surface area (Å²) in [5.41, 5.74) is 3.62. The van der Waals surface area contributed by atoms with Crippen molar-refractivity contribution in [3.63, 3.8) is 0 Å². The Balaban J connectivity index is 2.04. The predicted molar refractivity (Wildman–Crippen MR) is 85.3 cm³/mol. The highest BCUT2D eigenvalue weighted by Gasteiger charge is 2.04. The Kier molecular flexibility index (Phi) is 5.05. The van der Waals surface area contributed by atoms with Crippen molar-refractivity contribution in [1.82, 2.24) is 0 Å². The van der Waals surface area contributed by atoms with Crippen LogP contribution in [-0.4, -0.2) is 6.61 Å². The van der Waals surface area contributed by atoms with Gasteiger partial charge in [0, 0.05) is 17.8 Å². The van der Waals surface area contributed by atoms with Crippen molar-refractivity contribution in [1.29, 1.82) is 0 Å². The summed E-state index contributed by atoms with van der Waals surface area (Å²) < 4.78 is 5.88. The summed E-state index contributed by atoms with van der Waals surface area (Å²) in [7, 11) is 0. The Morgan fingerprint density at radius 1 is 1.00 bits per heavy atom. The molecule has 0 spiro atoms. The average molecular weight is 269 g/mol. The molecule has 0 saturated carbocycles. The highest BCUT2D eigenvalue weighted by atomic mass is 16.5. The molecule has 2 nitrogen and oxygen atoms in total. The Hall–Kier alpha value is -1.96. The minimum atomic E-state index is 0.535. The molecule has 0 amide bonds. The average Bonchev–Trinajstić information content (AvgIpc) is 2.45. The summed E-state index contributed by atoms with van der Waals surface area (Å²) in [5, 5.41) is 3.48. The SMILES string of the molecule is Cc1ccccc1NCc1ccccc1OCC(C)C. The summed E-state index contributed by atoms with van der Waals surface area (Å²) >= 11 is 0. The quantitative estimate of drug-likeness (QED) is 0.824. The second-order valence-electron chi connectivity index (χ2n) is 5.48. The summed E-state index contributed by atoms with van der Waals surface area (Å²) in [6, 6.07) is 16.6. The summed E-state index contributed by atoms with van der Waals surface area (Å²) in [5.74, 6) is 1.51. The first kappa shape index (κ1) is 14.4. The summed E-state index contributed by atoms with van der Waals surface area (Å²) in [4.78, 5) is 0. The lowest BCUT2D eigenvalue weighted by Gasteiger charge is -2.15. The van der Waals surface area contributed by atoms with Crippen LogP contribution in [0.2, 0.25) is 0 Å². The van der Waals surface area contributed by atoms with Gasteiger partial charge in [-0.3, -0.25) is 0 Å². The van der Waals surface area contributed by atoms with Gasteiger partial charge in [0.15, 0.2) is 0 Å². The molecule has 2 rings (SSSR count). The van der Waals surface area contributed by atoms with Gasteiger partial charge in [-0.1, -0.05) is 50.2 Å². The molecule has 0 radical (unpaired) electrons. The first-order valence-corrected chi connectivity index (χ1v) is 7.17. The molecule has 0 fully saturated rings. The molecule has 0 bridgehead atoms. The van der Waals surface area contributed by atoms with Crippen LogP contribution in [0.15, 0.2) is 48.5 Å². The van der Waals surface area contributed by atoms with Crippen LogP contribution in [0.1, 0.15) is 25.0 Å². The minimum absolute atomic E-state index is 0.535. The van der Waals surface area contributed by atoms with E-state index in [-0.39, 0.29) is 0 Å². The molecule has 106 valence electrons. The van der Waals surface area contributed by atoms with E-state index in [0.717, 1.165) is 18.9 Å². The van der Waals surface area contributed by atoms with Crippen molar-refractivity contribution in [2.24, 2.45) is 5.92 Å². The van der Waals surface area contributed by atoms with Gasteiger partial charge in [0.05, 0.1) is 6.61 Å². The van der Waals surface area contributed by atoms with Gasteiger partial charge in [0.1, 0.15) is 5.75 Å². The number of para-hydroxylation sites is 2. The van der Waals surface area contributed by atoms with E-state index >= 15 is 0 Å². The van der Waals surface area contributed by atoms with Gasteiger partial charge in [-0.15, -0.1) is 0 Å². The Bertz CT molecular complexity index is 549. The van der Waals surface area contributed by atoms with Crippen molar-refractivity contribution < 1.29 is 4.74 Å². The van der Waals surface area contributed by atoms with Crippen LogP contribution in [0.3, 0.4) is 0 Å². The number of aryl methyl sites for hydroxylation is 1. The van der Waals surface area contributed by atoms with Crippen molar-refractivity contribution >= 4 is 5.69 Å². The largest absolute Gasteiger partial charge is 0.493 e. The Morgan fingerprint density at radius 2 is 1.70 bits per heavy atom. The molecule has 0 aliphatic heterocycles. The fourth-order valence-corrected chi connectivity index (χ4v) is 2.01. The topological polar surface area (TPSA) is 21.3 Å². The van der Waals surface area contributed by atoms with Crippen molar-refractivity contribution in [3.8, 4) is 5.75 Å². The molecule has 2 heteroatoms. The standard InChI is InChI=1S/C18H23NO/c1-14(2)13-20-18-11-7-5-9-16(18)12-19-17-10-6-4-8-15(17)3/h4-11,14,19H,12-13H2,1-3H3. The van der Waals surface area contributed by atoms with Crippen LogP contribution < -0.4 is 10.1 Å². The van der Waals surface area contributed by atoms with Gasteiger partial charge in [-0.05, 0) is 30.5 Å².